The first kappa shape index (κ1) is 15.0. The van der Waals surface area contributed by atoms with Crippen LogP contribution in [0.25, 0.3) is 0 Å². The third-order valence-corrected chi connectivity index (χ3v) is 4.60. The van der Waals surface area contributed by atoms with Gasteiger partial charge < -0.3 is 19.6 Å². The van der Waals surface area contributed by atoms with E-state index in [-0.39, 0.29) is 0 Å². The second-order valence-corrected chi connectivity index (χ2v) is 6.08. The van der Waals surface area contributed by atoms with Gasteiger partial charge in [0, 0.05) is 13.1 Å². The van der Waals surface area contributed by atoms with Crippen LogP contribution in [0, 0.1) is 0 Å². The molecule has 24 heavy (non-hydrogen) atoms. The average molecular weight is 323 g/mol. The van der Waals surface area contributed by atoms with Crippen LogP contribution in [-0.4, -0.2) is 37.8 Å². The van der Waals surface area contributed by atoms with Crippen LogP contribution in [0.2, 0.25) is 0 Å². The lowest BCUT2D eigenvalue weighted by molar-refractivity contribution is 0.187. The molecule has 5 heteroatoms. The molecule has 5 nitrogen and oxygen atoms in total. The van der Waals surface area contributed by atoms with Gasteiger partial charge in [-0.25, -0.2) is 0 Å². The van der Waals surface area contributed by atoms with Crippen LogP contribution in [-0.2, 0) is 0 Å². The monoisotopic (exact) mass is 323 g/mol. The molecule has 2 heterocycles. The zero-order valence-corrected chi connectivity index (χ0v) is 13.7. The number of anilines is 2. The van der Waals surface area contributed by atoms with Crippen LogP contribution in [0.5, 0.6) is 5.75 Å². The number of benzene rings is 2. The number of ether oxygens (including phenoxy) is 1. The second kappa shape index (κ2) is 6.17. The lowest BCUT2D eigenvalue weighted by Gasteiger charge is -2.28. The standard InChI is InChI=1S/C19H21N3O2/c1-24-15-9-7-14(8-10-15)18(23)13-22-17-6-3-2-5-16(17)21-12-4-11-20-19(21)22/h2-3,5-10,18,23H,4,11-13H2,1H3/t18-/m0/s1. The van der Waals surface area contributed by atoms with Crippen LogP contribution in [0.3, 0.4) is 0 Å². The van der Waals surface area contributed by atoms with E-state index in [0.717, 1.165) is 42.5 Å². The summed E-state index contributed by atoms with van der Waals surface area (Å²) in [5.74, 6) is 1.75. The van der Waals surface area contributed by atoms with Crippen molar-refractivity contribution in [2.24, 2.45) is 4.99 Å². The third-order valence-electron chi connectivity index (χ3n) is 4.60. The smallest absolute Gasteiger partial charge is 0.205 e. The summed E-state index contributed by atoms with van der Waals surface area (Å²) in [6, 6.07) is 15.9. The van der Waals surface area contributed by atoms with Gasteiger partial charge in [0.15, 0.2) is 0 Å². The van der Waals surface area contributed by atoms with Gasteiger partial charge in [-0.15, -0.1) is 0 Å². The van der Waals surface area contributed by atoms with E-state index in [0.29, 0.717) is 6.54 Å². The van der Waals surface area contributed by atoms with Crippen molar-refractivity contribution in [3.05, 3.63) is 54.1 Å². The Kier molecular flexibility index (Phi) is 3.86. The van der Waals surface area contributed by atoms with Crippen molar-refractivity contribution < 1.29 is 9.84 Å². The Balaban J connectivity index is 1.61. The van der Waals surface area contributed by atoms with Crippen LogP contribution >= 0.6 is 0 Å². The lowest BCUT2D eigenvalue weighted by Crippen LogP contribution is -2.43. The van der Waals surface area contributed by atoms with Crippen molar-refractivity contribution in [1.29, 1.82) is 0 Å². The highest BCUT2D eigenvalue weighted by molar-refractivity contribution is 6.16. The largest absolute Gasteiger partial charge is 0.497 e. The zero-order chi connectivity index (χ0) is 16.5. The maximum Gasteiger partial charge on any atom is 0.205 e. The molecule has 2 aliphatic rings. The first-order valence-electron chi connectivity index (χ1n) is 8.28. The zero-order valence-electron chi connectivity index (χ0n) is 13.7. The number of nitrogens with zero attached hydrogens (tertiary/aromatic N) is 3. The number of para-hydroxylation sites is 2. The van der Waals surface area contributed by atoms with Gasteiger partial charge in [-0.2, -0.15) is 0 Å². The van der Waals surface area contributed by atoms with E-state index in [9.17, 15) is 5.11 Å². The summed E-state index contributed by atoms with van der Waals surface area (Å²) in [7, 11) is 1.64. The number of aliphatic imine (C=N–C) groups is 1. The number of guanidine groups is 1. The van der Waals surface area contributed by atoms with Gasteiger partial charge in [-0.3, -0.25) is 4.99 Å². The summed E-state index contributed by atoms with van der Waals surface area (Å²) < 4.78 is 5.18. The minimum Gasteiger partial charge on any atom is -0.497 e. The summed E-state index contributed by atoms with van der Waals surface area (Å²) in [6.07, 6.45) is 0.473. The fraction of sp³-hybridized carbons (Fsp3) is 0.316. The van der Waals surface area contributed by atoms with Crippen LogP contribution in [0.4, 0.5) is 11.4 Å². The number of aliphatic hydroxyl groups is 1. The summed E-state index contributed by atoms with van der Waals surface area (Å²) in [4.78, 5) is 9.08. The van der Waals surface area contributed by atoms with E-state index in [1.807, 2.05) is 30.3 Å². The minimum absolute atomic E-state index is 0.485. The van der Waals surface area contributed by atoms with Crippen molar-refractivity contribution in [2.75, 3.05) is 36.5 Å². The molecule has 2 aromatic carbocycles. The Labute approximate surface area is 141 Å². The van der Waals surface area contributed by atoms with Crippen LogP contribution < -0.4 is 14.5 Å². The fourth-order valence-corrected chi connectivity index (χ4v) is 3.37. The van der Waals surface area contributed by atoms with E-state index in [4.69, 9.17) is 9.73 Å². The van der Waals surface area contributed by atoms with Gasteiger partial charge in [-0.1, -0.05) is 24.3 Å². The molecule has 1 atom stereocenters. The Bertz CT molecular complexity index is 757. The molecular weight excluding hydrogens is 302 g/mol. The van der Waals surface area contributed by atoms with Gasteiger partial charge >= 0.3 is 0 Å². The minimum atomic E-state index is -0.589. The molecule has 0 saturated carbocycles. The van der Waals surface area contributed by atoms with Crippen molar-refractivity contribution in [3.8, 4) is 5.75 Å². The molecule has 0 unspecified atom stereocenters. The summed E-state index contributed by atoms with van der Waals surface area (Å²) in [6.45, 7) is 2.30. The molecule has 0 aromatic heterocycles. The van der Waals surface area contributed by atoms with E-state index >= 15 is 0 Å². The summed E-state index contributed by atoms with van der Waals surface area (Å²) >= 11 is 0. The highest BCUT2D eigenvalue weighted by atomic mass is 16.5. The molecular formula is C19H21N3O2. The second-order valence-electron chi connectivity index (χ2n) is 6.08. The first-order chi connectivity index (χ1) is 11.8. The topological polar surface area (TPSA) is 48.3 Å². The van der Waals surface area contributed by atoms with Gasteiger partial charge in [0.25, 0.3) is 0 Å². The molecule has 0 aliphatic carbocycles. The molecule has 0 radical (unpaired) electrons. The molecule has 2 aliphatic heterocycles. The number of β-amino-alcohol motifs (C(OH)–C–C–N with tert-alkyl or cyclic N) is 1. The molecule has 0 saturated heterocycles. The molecule has 0 bridgehead atoms. The molecule has 0 spiro atoms. The number of hydrogen-bond acceptors (Lipinski definition) is 5. The van der Waals surface area contributed by atoms with Gasteiger partial charge in [0.1, 0.15) is 5.75 Å². The van der Waals surface area contributed by atoms with Crippen molar-refractivity contribution in [3.63, 3.8) is 0 Å². The molecule has 1 N–H and O–H groups in total. The lowest BCUT2D eigenvalue weighted by atomic mass is 10.1. The Hall–Kier alpha value is -2.53. The van der Waals surface area contributed by atoms with E-state index in [1.54, 1.807) is 7.11 Å². The predicted molar refractivity (Wildman–Crippen MR) is 96.0 cm³/mol. The van der Waals surface area contributed by atoms with E-state index in [2.05, 4.69) is 28.0 Å². The predicted octanol–water partition coefficient (Wildman–Crippen LogP) is 2.81. The molecule has 0 amide bonds. The van der Waals surface area contributed by atoms with Crippen molar-refractivity contribution in [2.45, 2.75) is 12.5 Å². The highest BCUT2D eigenvalue weighted by Gasteiger charge is 2.34. The summed E-state index contributed by atoms with van der Waals surface area (Å²) in [5.41, 5.74) is 3.17. The fourth-order valence-electron chi connectivity index (χ4n) is 3.37. The van der Waals surface area contributed by atoms with Gasteiger partial charge in [0.05, 0.1) is 31.1 Å². The number of methoxy groups -OCH3 is 1. The van der Waals surface area contributed by atoms with Gasteiger partial charge in [-0.05, 0) is 36.2 Å². The Morgan fingerprint density at radius 2 is 1.88 bits per heavy atom. The first-order valence-corrected chi connectivity index (χ1v) is 8.28. The highest BCUT2D eigenvalue weighted by Crippen LogP contribution is 2.39. The third kappa shape index (κ3) is 2.51. The Morgan fingerprint density at radius 3 is 2.62 bits per heavy atom. The Morgan fingerprint density at radius 1 is 1.12 bits per heavy atom. The average Bonchev–Trinajstić information content (AvgIpc) is 2.96. The normalized spacial score (nSPS) is 17.2. The molecule has 4 rings (SSSR count). The number of hydrogen-bond donors (Lipinski definition) is 1. The van der Waals surface area contributed by atoms with Gasteiger partial charge in [0.2, 0.25) is 5.96 Å². The van der Waals surface area contributed by atoms with Crippen molar-refractivity contribution >= 4 is 17.3 Å². The number of rotatable bonds is 4. The quantitative estimate of drug-likeness (QED) is 0.940. The maximum absolute atomic E-state index is 10.7. The molecule has 0 fully saturated rings. The van der Waals surface area contributed by atoms with E-state index in [1.165, 1.54) is 5.69 Å². The molecule has 124 valence electrons. The van der Waals surface area contributed by atoms with E-state index < -0.39 is 6.10 Å². The maximum atomic E-state index is 10.7. The number of aliphatic hydroxyl groups excluding tert-OH is 1. The summed E-state index contributed by atoms with van der Waals surface area (Å²) in [5, 5.41) is 10.7. The van der Waals surface area contributed by atoms with Crippen molar-refractivity contribution in [1.82, 2.24) is 0 Å². The van der Waals surface area contributed by atoms with Crippen LogP contribution in [0.15, 0.2) is 53.5 Å². The SMILES string of the molecule is COc1ccc([C@@H](O)CN2C3=NCCCN3c3ccccc32)cc1. The molecule has 2 aromatic rings. The van der Waals surface area contributed by atoms with Crippen LogP contribution in [0.1, 0.15) is 18.1 Å². The number of fused-ring (bicyclic) bond motifs is 3.